The Morgan fingerprint density at radius 3 is 1.26 bits per heavy atom. The van der Waals surface area contributed by atoms with Crippen molar-refractivity contribution >= 4 is 35.1 Å². The first-order valence-corrected chi connectivity index (χ1v) is 12.7. The molecule has 2 aromatic carbocycles. The predicted octanol–water partition coefficient (Wildman–Crippen LogP) is 9.34. The molecule has 0 atom stereocenters. The van der Waals surface area contributed by atoms with Crippen LogP contribution in [-0.2, 0) is 0 Å². The number of allylic oxidation sites excluding steroid dienone is 1. The Balaban J connectivity index is 0.00000480. The number of hydrogen-bond donors (Lipinski definition) is 0. The van der Waals surface area contributed by atoms with E-state index in [-0.39, 0.29) is 29.6 Å². The Morgan fingerprint density at radius 2 is 0.871 bits per heavy atom. The zero-order valence-electron chi connectivity index (χ0n) is 19.5. The van der Waals surface area contributed by atoms with E-state index in [9.17, 15) is 0 Å². The Labute approximate surface area is 215 Å². The Bertz CT molecular complexity index is 618. The van der Waals surface area contributed by atoms with Crippen molar-refractivity contribution < 1.29 is 0 Å². The third-order valence-corrected chi connectivity index (χ3v) is 6.08. The van der Waals surface area contributed by atoms with Gasteiger partial charge in [-0.1, -0.05) is 157 Å². The molecule has 0 unspecified atom stereocenters. The summed E-state index contributed by atoms with van der Waals surface area (Å²) in [6.45, 7) is 2.30. The van der Waals surface area contributed by atoms with E-state index in [2.05, 4.69) is 73.7 Å². The van der Waals surface area contributed by atoms with Crippen molar-refractivity contribution in [3.8, 4) is 0 Å². The van der Waals surface area contributed by atoms with Gasteiger partial charge in [-0.2, -0.15) is 0 Å². The van der Waals surface area contributed by atoms with Crippen molar-refractivity contribution in [2.45, 2.75) is 103 Å². The fourth-order valence-electron chi connectivity index (χ4n) is 4.22. The van der Waals surface area contributed by atoms with E-state index in [0.717, 1.165) is 0 Å². The predicted molar refractivity (Wildman–Crippen MR) is 142 cm³/mol. The van der Waals surface area contributed by atoms with Crippen molar-refractivity contribution in [3.63, 3.8) is 0 Å². The zero-order chi connectivity index (χ0) is 21.1. The van der Waals surface area contributed by atoms with Crippen LogP contribution >= 0.6 is 0 Å². The topological polar surface area (TPSA) is 0 Å². The van der Waals surface area contributed by atoms with E-state index in [0.29, 0.717) is 0 Å². The molecule has 1 heteroatoms. The molecule has 0 radical (unpaired) electrons. The quantitative estimate of drug-likeness (QED) is 0.174. The summed E-state index contributed by atoms with van der Waals surface area (Å²) in [6, 6.07) is 21.6. The van der Waals surface area contributed by atoms with Gasteiger partial charge in [0.15, 0.2) is 0 Å². The van der Waals surface area contributed by atoms with Crippen LogP contribution in [0.3, 0.4) is 0 Å². The van der Waals surface area contributed by atoms with E-state index in [1.165, 1.54) is 113 Å². The summed E-state index contributed by atoms with van der Waals surface area (Å²) in [7, 11) is 0. The van der Waals surface area contributed by atoms with Crippen molar-refractivity contribution in [2.75, 3.05) is 0 Å². The fraction of sp³-hybridized carbons (Fsp3) is 0.533. The molecule has 0 nitrogen and oxygen atoms in total. The second-order valence-electron chi connectivity index (χ2n) is 8.73. The summed E-state index contributed by atoms with van der Waals surface area (Å²) < 4.78 is 0. The standard InChI is InChI=1S/C30H44.Na.H/c1-2-3-4-5-6-7-8-9-10-11-12-13-14-15-22-27-30(28-23-18-16-19-24-28)29-25-20-17-21-26-29;;/h16-21,23-27H,2-15,22H2,1H3;;. The van der Waals surface area contributed by atoms with E-state index in [4.69, 9.17) is 0 Å². The Morgan fingerprint density at radius 1 is 0.516 bits per heavy atom. The molecule has 0 aromatic heterocycles. The van der Waals surface area contributed by atoms with Crippen LogP contribution < -0.4 is 0 Å². The first-order chi connectivity index (χ1) is 14.9. The molecule has 31 heavy (non-hydrogen) atoms. The van der Waals surface area contributed by atoms with Crippen molar-refractivity contribution in [1.82, 2.24) is 0 Å². The van der Waals surface area contributed by atoms with Gasteiger partial charge in [0.05, 0.1) is 0 Å². The molecular formula is C30H45Na. The van der Waals surface area contributed by atoms with Crippen LogP contribution in [0, 0.1) is 0 Å². The van der Waals surface area contributed by atoms with Gasteiger partial charge in [0.2, 0.25) is 0 Å². The fourth-order valence-corrected chi connectivity index (χ4v) is 4.22. The van der Waals surface area contributed by atoms with Gasteiger partial charge in [-0.05, 0) is 29.5 Å². The summed E-state index contributed by atoms with van der Waals surface area (Å²) in [6.07, 6.45) is 23.5. The molecular weight excluding hydrogens is 383 g/mol. The second kappa shape index (κ2) is 19.8. The van der Waals surface area contributed by atoms with Gasteiger partial charge in [0.25, 0.3) is 0 Å². The molecule has 166 valence electrons. The minimum absolute atomic E-state index is 0. The molecule has 0 aliphatic rings. The molecule has 0 N–H and O–H groups in total. The molecule has 0 bridgehead atoms. The third kappa shape index (κ3) is 13.4. The minimum atomic E-state index is 0. The average Bonchev–Trinajstić information content (AvgIpc) is 2.80. The van der Waals surface area contributed by atoms with Gasteiger partial charge in [-0.15, -0.1) is 0 Å². The normalized spacial score (nSPS) is 10.5. The molecule has 0 saturated heterocycles. The summed E-state index contributed by atoms with van der Waals surface area (Å²) in [5, 5.41) is 0. The number of rotatable bonds is 17. The van der Waals surface area contributed by atoms with Gasteiger partial charge in [-0.25, -0.2) is 0 Å². The van der Waals surface area contributed by atoms with Gasteiger partial charge >= 0.3 is 29.6 Å². The average molecular weight is 429 g/mol. The van der Waals surface area contributed by atoms with Crippen LogP contribution in [0.1, 0.15) is 114 Å². The first-order valence-electron chi connectivity index (χ1n) is 12.7. The first kappa shape index (κ1) is 28.2. The number of unbranched alkanes of at least 4 members (excludes halogenated alkanes) is 14. The van der Waals surface area contributed by atoms with Crippen LogP contribution in [0.25, 0.3) is 5.57 Å². The Kier molecular flexibility index (Phi) is 18.1. The summed E-state index contributed by atoms with van der Waals surface area (Å²) in [5.74, 6) is 0. The maximum absolute atomic E-state index is 2.45. The van der Waals surface area contributed by atoms with Crippen LogP contribution in [0.15, 0.2) is 66.7 Å². The number of hydrogen-bond acceptors (Lipinski definition) is 0. The molecule has 2 rings (SSSR count). The van der Waals surface area contributed by atoms with E-state index >= 15 is 0 Å². The second-order valence-corrected chi connectivity index (χ2v) is 8.73. The van der Waals surface area contributed by atoms with Gasteiger partial charge < -0.3 is 0 Å². The Hall–Kier alpha value is -0.820. The molecule has 0 aliphatic carbocycles. The monoisotopic (exact) mass is 428 g/mol. The van der Waals surface area contributed by atoms with Crippen LogP contribution in [0.2, 0.25) is 0 Å². The van der Waals surface area contributed by atoms with Crippen molar-refractivity contribution in [3.05, 3.63) is 77.9 Å². The van der Waals surface area contributed by atoms with Crippen molar-refractivity contribution in [1.29, 1.82) is 0 Å². The molecule has 2 aromatic rings. The van der Waals surface area contributed by atoms with E-state index < -0.39 is 0 Å². The molecule has 0 amide bonds. The molecule has 0 spiro atoms. The van der Waals surface area contributed by atoms with Crippen LogP contribution in [0.4, 0.5) is 0 Å². The van der Waals surface area contributed by atoms with Gasteiger partial charge in [0.1, 0.15) is 0 Å². The molecule has 0 heterocycles. The van der Waals surface area contributed by atoms with Gasteiger partial charge in [0, 0.05) is 0 Å². The SMILES string of the molecule is CCCCCCCCCCCCCCCCC=C(c1ccccc1)c1ccccc1.[NaH]. The maximum atomic E-state index is 2.45. The summed E-state index contributed by atoms with van der Waals surface area (Å²) in [5.41, 5.74) is 4.04. The van der Waals surface area contributed by atoms with Crippen molar-refractivity contribution in [2.24, 2.45) is 0 Å². The van der Waals surface area contributed by atoms with E-state index in [1.807, 2.05) is 0 Å². The van der Waals surface area contributed by atoms with E-state index in [1.54, 1.807) is 0 Å². The molecule has 0 aliphatic heterocycles. The van der Waals surface area contributed by atoms with Gasteiger partial charge in [-0.3, -0.25) is 0 Å². The summed E-state index contributed by atoms with van der Waals surface area (Å²) >= 11 is 0. The molecule has 0 saturated carbocycles. The third-order valence-electron chi connectivity index (χ3n) is 6.08. The zero-order valence-corrected chi connectivity index (χ0v) is 19.5. The van der Waals surface area contributed by atoms with Crippen LogP contribution in [-0.4, -0.2) is 29.6 Å². The van der Waals surface area contributed by atoms with Crippen LogP contribution in [0.5, 0.6) is 0 Å². The summed E-state index contributed by atoms with van der Waals surface area (Å²) in [4.78, 5) is 0. The number of benzene rings is 2. The molecule has 0 fully saturated rings.